The van der Waals surface area contributed by atoms with E-state index in [2.05, 4.69) is 15.3 Å². The summed E-state index contributed by atoms with van der Waals surface area (Å²) in [5.74, 6) is 0. The maximum Gasteiger partial charge on any atom is 0.297 e. The maximum absolute atomic E-state index is 12.0. The van der Waals surface area contributed by atoms with E-state index < -0.39 is 10.1 Å². The summed E-state index contributed by atoms with van der Waals surface area (Å²) >= 11 is 0. The molecule has 0 saturated heterocycles. The fourth-order valence-corrected chi connectivity index (χ4v) is 6.44. The zero-order valence-corrected chi connectivity index (χ0v) is 53.9. The number of aliphatic hydroxyl groups excluding tert-OH is 5. The molecule has 33 heteroatoms. The van der Waals surface area contributed by atoms with E-state index in [0.717, 1.165) is 12.1 Å². The third kappa shape index (κ3) is 83.4. The van der Waals surface area contributed by atoms with Crippen LogP contribution in [0.4, 0.5) is 0 Å². The number of benzene rings is 1. The van der Waals surface area contributed by atoms with E-state index >= 15 is 0 Å². The predicted octanol–water partition coefficient (Wildman–Crippen LogP) is -0.517. The van der Waals surface area contributed by atoms with Gasteiger partial charge in [0, 0.05) is 18.0 Å². The lowest BCUT2D eigenvalue weighted by atomic mass is 10.2. The summed E-state index contributed by atoms with van der Waals surface area (Å²) in [7, 11) is -1.86. The van der Waals surface area contributed by atoms with Gasteiger partial charge in [0.1, 0.15) is 0 Å². The van der Waals surface area contributed by atoms with Crippen LogP contribution < -0.4 is 5.32 Å². The lowest BCUT2D eigenvalue weighted by Crippen LogP contribution is -2.17. The zero-order chi connectivity index (χ0) is 65.4. The summed E-state index contributed by atoms with van der Waals surface area (Å²) in [6.45, 7) is 22.0. The molecule has 0 unspecified atom stereocenters. The highest BCUT2D eigenvalue weighted by molar-refractivity contribution is 7.86. The third-order valence-corrected chi connectivity index (χ3v) is 11.1. The molecule has 0 fully saturated rings. The minimum Gasteiger partial charge on any atom is -0.394 e. The van der Waals surface area contributed by atoms with Crippen molar-refractivity contribution >= 4 is 10.1 Å². The Labute approximate surface area is 528 Å². The van der Waals surface area contributed by atoms with E-state index in [1.165, 1.54) is 12.1 Å². The van der Waals surface area contributed by atoms with Crippen LogP contribution in [0.25, 0.3) is 10.4 Å². The monoisotopic (exact) mass is 1320 g/mol. The molecule has 1 aromatic rings. The molecule has 530 valence electrons. The molecular weight excluding hydrogens is 1210 g/mol. The van der Waals surface area contributed by atoms with E-state index in [9.17, 15) is 8.42 Å². The molecule has 1 aromatic carbocycles. The summed E-state index contributed by atoms with van der Waals surface area (Å²) in [5, 5.41) is 48.7. The van der Waals surface area contributed by atoms with Gasteiger partial charge in [-0.2, -0.15) is 8.42 Å². The molecule has 0 aromatic heterocycles. The first-order chi connectivity index (χ1) is 43.8. The van der Waals surface area contributed by atoms with Crippen molar-refractivity contribution < 1.29 is 133 Å². The molecular formula is C56H112N4O28S. The summed E-state index contributed by atoms with van der Waals surface area (Å²) in [6, 6.07) is 6.47. The van der Waals surface area contributed by atoms with E-state index in [-0.39, 0.29) is 51.1 Å². The summed E-state index contributed by atoms with van der Waals surface area (Å²) < 4.78 is 133. The lowest BCUT2D eigenvalue weighted by molar-refractivity contribution is -0.0151. The highest BCUT2D eigenvalue weighted by Crippen LogP contribution is 2.13. The SMILES string of the molecule is CNCCOCCOCCOCCOCCOCCO.Cc1ccc(S(=O)(=O)OCCOCCOCCOCCOCCOCCO)cc1.OCCOCCOCCOCCOCCOCCO.[N-]=[N+]=NCCOCCOCCOCCOCCOCCO. The molecule has 0 amide bonds. The number of aryl methyl sites for hydroxylation is 1. The second-order valence-electron chi connectivity index (χ2n) is 17.0. The van der Waals surface area contributed by atoms with Gasteiger partial charge in [-0.15, -0.1) is 0 Å². The first-order valence-corrected chi connectivity index (χ1v) is 31.4. The number of aliphatic hydroxyl groups is 5. The lowest BCUT2D eigenvalue weighted by Gasteiger charge is -2.08. The Morgan fingerprint density at radius 3 is 0.753 bits per heavy atom. The van der Waals surface area contributed by atoms with Crippen LogP contribution in [0.2, 0.25) is 0 Å². The average Bonchev–Trinajstić information content (AvgIpc) is 3.69. The molecule has 0 aliphatic heterocycles. The molecule has 0 bridgehead atoms. The molecule has 32 nitrogen and oxygen atoms in total. The van der Waals surface area contributed by atoms with Gasteiger partial charge >= 0.3 is 0 Å². The molecule has 0 spiro atoms. The van der Waals surface area contributed by atoms with Crippen molar-refractivity contribution in [3.63, 3.8) is 0 Å². The largest absolute Gasteiger partial charge is 0.394 e. The quantitative estimate of drug-likeness (QED) is 0.0157. The van der Waals surface area contributed by atoms with Gasteiger partial charge in [0.25, 0.3) is 10.1 Å². The van der Waals surface area contributed by atoms with Crippen molar-refractivity contribution in [3.05, 3.63) is 40.3 Å². The van der Waals surface area contributed by atoms with Gasteiger partial charge in [0.15, 0.2) is 0 Å². The number of hydrogen-bond acceptors (Lipinski definition) is 30. The Hall–Kier alpha value is -2.60. The van der Waals surface area contributed by atoms with Crippen molar-refractivity contribution in [1.82, 2.24) is 5.32 Å². The Morgan fingerprint density at radius 1 is 0.337 bits per heavy atom. The van der Waals surface area contributed by atoms with Crippen molar-refractivity contribution in [2.45, 2.75) is 11.8 Å². The van der Waals surface area contributed by atoms with E-state index in [0.29, 0.717) is 264 Å². The first kappa shape index (κ1) is 90.6. The van der Waals surface area contributed by atoms with E-state index in [4.69, 9.17) is 130 Å². The molecule has 0 radical (unpaired) electrons. The fraction of sp³-hybridized carbons (Fsp3) is 0.893. The normalized spacial score (nSPS) is 11.2. The minimum absolute atomic E-state index is 0.0118. The number of likely N-dealkylation sites (N-methyl/N-ethyl adjacent to an activating group) is 1. The molecule has 1 rings (SSSR count). The molecule has 0 heterocycles. The van der Waals surface area contributed by atoms with Crippen LogP contribution in [-0.4, -0.2) is 358 Å². The van der Waals surface area contributed by atoms with Gasteiger partial charge in [-0.3, -0.25) is 4.18 Å². The number of nitrogens with zero attached hydrogens (tertiary/aromatic N) is 3. The van der Waals surface area contributed by atoms with Gasteiger partial charge in [0.2, 0.25) is 0 Å². The number of rotatable bonds is 69. The van der Waals surface area contributed by atoms with Crippen LogP contribution in [0.3, 0.4) is 0 Å². The van der Waals surface area contributed by atoms with Crippen molar-refractivity contribution in [3.8, 4) is 0 Å². The van der Waals surface area contributed by atoms with Crippen LogP contribution in [0.1, 0.15) is 5.56 Å². The Morgan fingerprint density at radius 2 is 0.539 bits per heavy atom. The summed E-state index contributed by atoms with van der Waals surface area (Å²) in [6.07, 6.45) is 0. The zero-order valence-electron chi connectivity index (χ0n) is 53.1. The van der Waals surface area contributed by atoms with Gasteiger partial charge in [0.05, 0.1) is 309 Å². The fourth-order valence-electron chi connectivity index (χ4n) is 5.55. The summed E-state index contributed by atoms with van der Waals surface area (Å²) in [4.78, 5) is 2.74. The van der Waals surface area contributed by atoms with Crippen molar-refractivity contribution in [2.75, 3.05) is 324 Å². The van der Waals surface area contributed by atoms with E-state index in [1.807, 2.05) is 14.0 Å². The number of azide groups is 1. The molecule has 6 N–H and O–H groups in total. The second kappa shape index (κ2) is 83.4. The Balaban J connectivity index is -0.00000113. The van der Waals surface area contributed by atoms with Gasteiger partial charge in [-0.1, -0.05) is 22.8 Å². The molecule has 0 atom stereocenters. The van der Waals surface area contributed by atoms with Crippen LogP contribution in [0.5, 0.6) is 0 Å². The number of nitrogens with one attached hydrogen (secondary N) is 1. The number of ether oxygens (including phenoxy) is 20. The molecule has 0 aliphatic carbocycles. The second-order valence-corrected chi connectivity index (χ2v) is 18.6. The van der Waals surface area contributed by atoms with Crippen LogP contribution in [0, 0.1) is 6.92 Å². The van der Waals surface area contributed by atoms with Crippen LogP contribution in [0.15, 0.2) is 34.3 Å². The first-order valence-electron chi connectivity index (χ1n) is 30.0. The molecule has 89 heavy (non-hydrogen) atoms. The van der Waals surface area contributed by atoms with Crippen molar-refractivity contribution in [2.24, 2.45) is 5.11 Å². The Kier molecular flexibility index (Phi) is 84.9. The van der Waals surface area contributed by atoms with Crippen LogP contribution in [-0.2, 0) is 109 Å². The van der Waals surface area contributed by atoms with Gasteiger partial charge in [-0.25, -0.2) is 0 Å². The highest BCUT2D eigenvalue weighted by Gasteiger charge is 2.14. The molecule has 0 aliphatic rings. The smallest absolute Gasteiger partial charge is 0.297 e. The third-order valence-electron chi connectivity index (χ3n) is 9.80. The Bertz CT molecular complexity index is 1580. The molecule has 0 saturated carbocycles. The average molecular weight is 1320 g/mol. The van der Waals surface area contributed by atoms with Gasteiger partial charge in [-0.05, 0) is 31.6 Å². The van der Waals surface area contributed by atoms with Crippen molar-refractivity contribution in [1.29, 1.82) is 0 Å². The van der Waals surface area contributed by atoms with Gasteiger partial charge < -0.3 is 126 Å². The standard InChI is InChI=1S/C19H32O9S.C13H29NO6.C12H25N3O6.C12H26O7/c1-18-2-4-19(5-3-18)29(21,22)28-17-16-27-15-14-26-13-12-25-11-10-24-9-8-23-7-6-20;1-14-2-4-16-6-8-18-10-12-20-13-11-19-9-7-17-5-3-15;13-15-14-1-3-17-5-7-19-9-11-21-12-10-20-8-6-18-4-2-16;13-1-3-15-5-7-17-9-11-19-12-10-18-8-6-16-4-2-14/h2-5,20H,6-17H2,1H3;14-15H,2-13H2,1H3;16H,1-12H2;13-14H,1-12H2. The number of hydrogen-bond donors (Lipinski definition) is 6. The minimum atomic E-state index is -3.75. The van der Waals surface area contributed by atoms with E-state index in [1.54, 1.807) is 12.1 Å². The predicted molar refractivity (Wildman–Crippen MR) is 324 cm³/mol. The highest BCUT2D eigenvalue weighted by atomic mass is 32.2. The maximum atomic E-state index is 12.0. The topological polar surface area (TPSA) is 390 Å². The summed E-state index contributed by atoms with van der Waals surface area (Å²) in [5.41, 5.74) is 9.01. The van der Waals surface area contributed by atoms with Crippen LogP contribution >= 0.6 is 0 Å².